The average molecular weight is 815 g/mol. The molecule has 60 heavy (non-hydrogen) atoms. The fourth-order valence-corrected chi connectivity index (χ4v) is 16.1. The topological polar surface area (TPSA) is 55.3 Å². The van der Waals surface area contributed by atoms with Gasteiger partial charge in [0.1, 0.15) is 64.3 Å². The van der Waals surface area contributed by atoms with E-state index in [0.717, 1.165) is 0 Å². The highest BCUT2D eigenvalue weighted by atomic mass is 31.2. The summed E-state index contributed by atoms with van der Waals surface area (Å²) < 4.78 is 4.30. The summed E-state index contributed by atoms with van der Waals surface area (Å²) in [5.74, 6) is 0.317. The SMILES string of the molecule is [O-]B([O-])Oc1ccccc1.c1ccc([P+](c2ccccc2)(c2ccccc2)c2ccccc2)cc1.c1ccc([P+](c2ccccc2)(c2ccccc2)c2ccccc2)cc1. The molecule has 3 nitrogen and oxygen atoms in total. The standard InChI is InChI=1S/2C24H20P.C6H5BO3/c2*1-5-13-21(14-6-1)25(22-15-7-2-8-16-22,23-17-9-3-10-18-23)24-19-11-4-12-20-24;8-7(9)10-6-4-2-1-3-5-6/h2*1-20H;1-5H/q2*+1;-2. The summed E-state index contributed by atoms with van der Waals surface area (Å²) in [7, 11) is -6.05. The highest BCUT2D eigenvalue weighted by Gasteiger charge is 2.48. The molecule has 6 heteroatoms. The van der Waals surface area contributed by atoms with Crippen molar-refractivity contribution in [1.82, 2.24) is 0 Å². The van der Waals surface area contributed by atoms with E-state index in [1.54, 1.807) is 30.3 Å². The van der Waals surface area contributed by atoms with Crippen LogP contribution in [-0.2, 0) is 0 Å². The van der Waals surface area contributed by atoms with Crippen molar-refractivity contribution < 1.29 is 14.7 Å². The highest BCUT2D eigenvalue weighted by molar-refractivity contribution is 8.02. The van der Waals surface area contributed by atoms with E-state index in [9.17, 15) is 10.0 Å². The molecule has 0 fully saturated rings. The average Bonchev–Trinajstić information content (AvgIpc) is 3.33. The molecule has 9 aromatic rings. The Hall–Kier alpha value is -6.38. The zero-order valence-corrected chi connectivity index (χ0v) is 35.0. The Bertz CT molecular complexity index is 2070. The van der Waals surface area contributed by atoms with E-state index >= 15 is 0 Å². The van der Waals surface area contributed by atoms with Crippen molar-refractivity contribution in [1.29, 1.82) is 0 Å². The molecule has 9 aromatic carbocycles. The molecule has 0 aliphatic heterocycles. The van der Waals surface area contributed by atoms with Crippen molar-refractivity contribution in [2.45, 2.75) is 0 Å². The summed E-state index contributed by atoms with van der Waals surface area (Å²) >= 11 is 0. The van der Waals surface area contributed by atoms with Crippen LogP contribution in [0.3, 0.4) is 0 Å². The molecule has 0 amide bonds. The lowest BCUT2D eigenvalue weighted by Crippen LogP contribution is -2.50. The van der Waals surface area contributed by atoms with Gasteiger partial charge in [0, 0.05) is 0 Å². The fourth-order valence-electron chi connectivity index (χ4n) is 7.61. The molecule has 292 valence electrons. The summed E-state index contributed by atoms with van der Waals surface area (Å²) in [6, 6.07) is 95.9. The predicted molar refractivity (Wildman–Crippen MR) is 255 cm³/mol. The van der Waals surface area contributed by atoms with Gasteiger partial charge in [-0.25, -0.2) is 0 Å². The van der Waals surface area contributed by atoms with Crippen LogP contribution in [0, 0.1) is 0 Å². The Morgan fingerprint density at radius 2 is 0.383 bits per heavy atom. The largest absolute Gasteiger partial charge is 0.860 e. The van der Waals surface area contributed by atoms with Crippen molar-refractivity contribution in [3.8, 4) is 5.75 Å². The maximum Gasteiger partial charge on any atom is 0.144 e. The Kier molecular flexibility index (Phi) is 14.7. The van der Waals surface area contributed by atoms with Crippen LogP contribution in [-0.4, -0.2) is 7.32 Å². The van der Waals surface area contributed by atoms with Crippen molar-refractivity contribution >= 4 is 64.3 Å². The van der Waals surface area contributed by atoms with Gasteiger partial charge < -0.3 is 14.7 Å². The van der Waals surface area contributed by atoms with Crippen LogP contribution >= 0.6 is 14.5 Å². The molecule has 0 saturated carbocycles. The van der Waals surface area contributed by atoms with E-state index in [-0.39, 0.29) is 0 Å². The van der Waals surface area contributed by atoms with Crippen LogP contribution in [0.15, 0.2) is 273 Å². The van der Waals surface area contributed by atoms with Crippen LogP contribution in [0.2, 0.25) is 0 Å². The van der Waals surface area contributed by atoms with Crippen LogP contribution < -0.4 is 57.1 Å². The summed E-state index contributed by atoms with van der Waals surface area (Å²) in [6.07, 6.45) is 0. The maximum atomic E-state index is 9.92. The monoisotopic (exact) mass is 814 g/mol. The first kappa shape index (κ1) is 41.8. The van der Waals surface area contributed by atoms with E-state index in [4.69, 9.17) is 0 Å². The van der Waals surface area contributed by atoms with Gasteiger partial charge in [-0.3, -0.25) is 0 Å². The minimum absolute atomic E-state index is 0.317. The zero-order valence-electron chi connectivity index (χ0n) is 33.2. The minimum atomic E-state index is -2.23. The lowest BCUT2D eigenvalue weighted by atomic mass is 10.2. The van der Waals surface area contributed by atoms with Gasteiger partial charge in [0.05, 0.1) is 5.75 Å². The molecule has 0 heterocycles. The predicted octanol–water partition coefficient (Wildman–Crippen LogP) is 7.38. The smallest absolute Gasteiger partial charge is 0.144 e. The third kappa shape index (κ3) is 9.56. The third-order valence-corrected chi connectivity index (χ3v) is 18.7. The first-order chi connectivity index (χ1) is 29.6. The molecule has 0 radical (unpaired) electrons. The van der Waals surface area contributed by atoms with Gasteiger partial charge >= 0.3 is 0 Å². The van der Waals surface area contributed by atoms with Gasteiger partial charge in [-0.2, -0.15) is 0 Å². The van der Waals surface area contributed by atoms with Crippen LogP contribution in [0.4, 0.5) is 0 Å². The summed E-state index contributed by atoms with van der Waals surface area (Å²) in [5, 5.41) is 30.9. The van der Waals surface area contributed by atoms with E-state index in [0.29, 0.717) is 5.75 Å². The quantitative estimate of drug-likeness (QED) is 0.107. The van der Waals surface area contributed by atoms with Crippen molar-refractivity contribution in [3.05, 3.63) is 273 Å². The number of benzene rings is 9. The molecule has 0 unspecified atom stereocenters. The van der Waals surface area contributed by atoms with Gasteiger partial charge in [-0.15, -0.1) is 0 Å². The van der Waals surface area contributed by atoms with Crippen molar-refractivity contribution in [2.75, 3.05) is 0 Å². The molecule has 0 spiro atoms. The fraction of sp³-hybridized carbons (Fsp3) is 0. The molecular weight excluding hydrogens is 769 g/mol. The van der Waals surface area contributed by atoms with Crippen molar-refractivity contribution in [3.63, 3.8) is 0 Å². The van der Waals surface area contributed by atoms with Gasteiger partial charge in [0.15, 0.2) is 0 Å². The van der Waals surface area contributed by atoms with E-state index in [1.807, 2.05) is 0 Å². The van der Waals surface area contributed by atoms with Crippen LogP contribution in [0.5, 0.6) is 5.75 Å². The molecule has 0 saturated heterocycles. The normalized spacial score (nSPS) is 10.8. The molecule has 0 N–H and O–H groups in total. The van der Waals surface area contributed by atoms with E-state index in [2.05, 4.69) is 247 Å². The van der Waals surface area contributed by atoms with Crippen molar-refractivity contribution in [2.24, 2.45) is 0 Å². The van der Waals surface area contributed by atoms with E-state index < -0.39 is 21.8 Å². The van der Waals surface area contributed by atoms with E-state index in [1.165, 1.54) is 42.4 Å². The molecule has 0 atom stereocenters. The van der Waals surface area contributed by atoms with Crippen LogP contribution in [0.1, 0.15) is 0 Å². The molecule has 0 aliphatic carbocycles. The minimum Gasteiger partial charge on any atom is -0.860 e. The van der Waals surface area contributed by atoms with Gasteiger partial charge in [0.25, 0.3) is 0 Å². The molecule has 0 bridgehead atoms. The number of hydrogen-bond acceptors (Lipinski definition) is 3. The van der Waals surface area contributed by atoms with Gasteiger partial charge in [-0.1, -0.05) is 164 Å². The maximum absolute atomic E-state index is 9.92. The Labute approximate surface area is 356 Å². The summed E-state index contributed by atoms with van der Waals surface area (Å²) in [4.78, 5) is 0. The summed E-state index contributed by atoms with van der Waals surface area (Å²) in [6.45, 7) is 0. The zero-order chi connectivity index (χ0) is 41.3. The highest BCUT2D eigenvalue weighted by Crippen LogP contribution is 2.55. The summed E-state index contributed by atoms with van der Waals surface area (Å²) in [5.41, 5.74) is 0. The molecule has 0 aliphatic rings. The second-order valence-electron chi connectivity index (χ2n) is 13.7. The van der Waals surface area contributed by atoms with Gasteiger partial charge in [-0.05, 0) is 109 Å². The molecular formula is C54H45BO3P2. The Balaban J connectivity index is 0.000000148. The third-order valence-electron chi connectivity index (χ3n) is 10.1. The number of para-hydroxylation sites is 1. The molecule has 0 aromatic heterocycles. The second-order valence-corrected chi connectivity index (χ2v) is 20.6. The lowest BCUT2D eigenvalue weighted by Gasteiger charge is -2.27. The lowest BCUT2D eigenvalue weighted by molar-refractivity contribution is -0.372. The molecule has 9 rings (SSSR count). The second kappa shape index (κ2) is 21.1. The van der Waals surface area contributed by atoms with Crippen LogP contribution in [0.25, 0.3) is 0 Å². The van der Waals surface area contributed by atoms with Gasteiger partial charge in [0.2, 0.25) is 0 Å². The Morgan fingerprint density at radius 1 is 0.233 bits per heavy atom. The Morgan fingerprint density at radius 3 is 0.533 bits per heavy atom. The number of rotatable bonds is 10. The number of hydrogen-bond donors (Lipinski definition) is 0. The first-order valence-corrected chi connectivity index (χ1v) is 23.5. The first-order valence-electron chi connectivity index (χ1n) is 19.9.